The fraction of sp³-hybridized carbons (Fsp3) is 0.333. The maximum absolute atomic E-state index is 13.4. The van der Waals surface area contributed by atoms with E-state index in [-0.39, 0.29) is 16.1 Å². The largest absolute Gasteiger partial charge is 0.478 e. The van der Waals surface area contributed by atoms with Gasteiger partial charge < -0.3 is 10.0 Å². The van der Waals surface area contributed by atoms with Gasteiger partial charge in [0.15, 0.2) is 5.82 Å². The number of carbonyl (C=O) groups is 1. The monoisotopic (exact) mass is 493 g/mol. The third kappa shape index (κ3) is 5.65. The first-order valence-corrected chi connectivity index (χ1v) is 13.3. The molecule has 0 atom stereocenters. The molecule has 4 rings (SSSR count). The fourth-order valence-electron chi connectivity index (χ4n) is 4.62. The number of carboxylic acids is 1. The van der Waals surface area contributed by atoms with Crippen molar-refractivity contribution >= 4 is 27.5 Å². The van der Waals surface area contributed by atoms with Crippen molar-refractivity contribution in [1.82, 2.24) is 4.98 Å². The summed E-state index contributed by atoms with van der Waals surface area (Å²) in [5.74, 6) is -0.170. The van der Waals surface area contributed by atoms with Gasteiger partial charge in [0.05, 0.1) is 16.1 Å². The van der Waals surface area contributed by atoms with E-state index in [2.05, 4.69) is 21.8 Å². The number of pyridine rings is 1. The zero-order valence-corrected chi connectivity index (χ0v) is 21.1. The Morgan fingerprint density at radius 3 is 2.34 bits per heavy atom. The first-order valence-electron chi connectivity index (χ1n) is 11.8. The molecule has 1 aliphatic rings. The lowest BCUT2D eigenvalue weighted by atomic mass is 9.90. The standard InChI is InChI=1S/C27H31N3O4S/c1-18-13-20(3)25(14-19(18)2)35(33,34)29-24-16-23(27(31)32)17-28-26(24)30-11-9-22(10-12-30)15-21-7-5-4-6-8-21/h4-8,13-14,16-17,22,29H,9-12,15H2,1-3H3,(H,31,32). The molecule has 8 heteroatoms. The fourth-order valence-corrected chi connectivity index (χ4v) is 5.99. The molecule has 1 saturated heterocycles. The number of carboxylic acid groups (broad SMARTS) is 1. The first-order chi connectivity index (χ1) is 16.6. The Hall–Kier alpha value is -3.39. The molecule has 2 N–H and O–H groups in total. The minimum Gasteiger partial charge on any atom is -0.478 e. The molecule has 35 heavy (non-hydrogen) atoms. The highest BCUT2D eigenvalue weighted by molar-refractivity contribution is 7.92. The summed E-state index contributed by atoms with van der Waals surface area (Å²) in [5.41, 5.74) is 3.94. The van der Waals surface area contributed by atoms with Crippen molar-refractivity contribution in [3.05, 3.63) is 82.5 Å². The van der Waals surface area contributed by atoms with E-state index in [4.69, 9.17) is 0 Å². The third-order valence-electron chi connectivity index (χ3n) is 6.72. The number of anilines is 2. The van der Waals surface area contributed by atoms with E-state index in [1.165, 1.54) is 17.8 Å². The van der Waals surface area contributed by atoms with Crippen molar-refractivity contribution in [1.29, 1.82) is 0 Å². The Morgan fingerprint density at radius 2 is 1.69 bits per heavy atom. The normalized spacial score (nSPS) is 14.7. The Kier molecular flexibility index (Phi) is 7.12. The zero-order valence-electron chi connectivity index (χ0n) is 20.3. The number of aromatic carboxylic acids is 1. The maximum atomic E-state index is 13.4. The predicted molar refractivity (Wildman–Crippen MR) is 138 cm³/mol. The number of aromatic nitrogens is 1. The van der Waals surface area contributed by atoms with E-state index in [0.717, 1.165) is 30.4 Å². The SMILES string of the molecule is Cc1cc(C)c(S(=O)(=O)Nc2cc(C(=O)O)cnc2N2CCC(Cc3ccccc3)CC2)cc1C. The molecule has 0 unspecified atom stereocenters. The van der Waals surface area contributed by atoms with E-state index in [9.17, 15) is 18.3 Å². The molecule has 0 amide bonds. The molecule has 7 nitrogen and oxygen atoms in total. The van der Waals surface area contributed by atoms with E-state index in [1.54, 1.807) is 13.0 Å². The van der Waals surface area contributed by atoms with Gasteiger partial charge in [-0.15, -0.1) is 0 Å². The lowest BCUT2D eigenvalue weighted by molar-refractivity contribution is 0.0696. The first kappa shape index (κ1) is 24.7. The number of hydrogen-bond acceptors (Lipinski definition) is 5. The van der Waals surface area contributed by atoms with Crippen LogP contribution in [0.1, 0.15) is 45.5 Å². The van der Waals surface area contributed by atoms with Crippen molar-refractivity contribution < 1.29 is 18.3 Å². The quantitative estimate of drug-likeness (QED) is 0.482. The van der Waals surface area contributed by atoms with Gasteiger partial charge in [0.2, 0.25) is 0 Å². The van der Waals surface area contributed by atoms with Gasteiger partial charge >= 0.3 is 5.97 Å². The number of sulfonamides is 1. The van der Waals surface area contributed by atoms with E-state index >= 15 is 0 Å². The van der Waals surface area contributed by atoms with Crippen LogP contribution in [0.3, 0.4) is 0 Å². The molecular weight excluding hydrogens is 462 g/mol. The molecule has 0 spiro atoms. The smallest absolute Gasteiger partial charge is 0.337 e. The molecule has 184 valence electrons. The van der Waals surface area contributed by atoms with Crippen LogP contribution in [-0.4, -0.2) is 37.6 Å². The highest BCUT2D eigenvalue weighted by atomic mass is 32.2. The lowest BCUT2D eigenvalue weighted by Gasteiger charge is -2.34. The number of rotatable bonds is 7. The molecule has 0 radical (unpaired) electrons. The molecular formula is C27H31N3O4S. The molecule has 0 saturated carbocycles. The van der Waals surface area contributed by atoms with E-state index < -0.39 is 16.0 Å². The summed E-state index contributed by atoms with van der Waals surface area (Å²) in [7, 11) is -3.95. The summed E-state index contributed by atoms with van der Waals surface area (Å²) >= 11 is 0. The average molecular weight is 494 g/mol. The Labute approximate surface area is 206 Å². The highest BCUT2D eigenvalue weighted by Crippen LogP contribution is 2.32. The summed E-state index contributed by atoms with van der Waals surface area (Å²) in [6.45, 7) is 6.99. The van der Waals surface area contributed by atoms with Crippen LogP contribution >= 0.6 is 0 Å². The van der Waals surface area contributed by atoms with Crippen LogP contribution in [0.15, 0.2) is 59.6 Å². The molecule has 1 aliphatic heterocycles. The van der Waals surface area contributed by atoms with Crippen LogP contribution in [0.2, 0.25) is 0 Å². The lowest BCUT2D eigenvalue weighted by Crippen LogP contribution is -2.35. The second-order valence-electron chi connectivity index (χ2n) is 9.33. The van der Waals surface area contributed by atoms with Crippen LogP contribution in [0.4, 0.5) is 11.5 Å². The summed E-state index contributed by atoms with van der Waals surface area (Å²) < 4.78 is 29.3. The van der Waals surface area contributed by atoms with Crippen LogP contribution in [0.5, 0.6) is 0 Å². The number of nitrogens with one attached hydrogen (secondary N) is 1. The molecule has 3 aromatic rings. The maximum Gasteiger partial charge on any atom is 0.337 e. The number of piperidine rings is 1. The minimum absolute atomic E-state index is 0.0674. The van der Waals surface area contributed by atoms with Crippen LogP contribution in [-0.2, 0) is 16.4 Å². The van der Waals surface area contributed by atoms with Gasteiger partial charge in [-0.05, 0) is 80.3 Å². The Morgan fingerprint density at radius 1 is 1.03 bits per heavy atom. The Balaban J connectivity index is 1.59. The Bertz CT molecular complexity index is 1330. The van der Waals surface area contributed by atoms with Crippen molar-refractivity contribution in [3.8, 4) is 0 Å². The minimum atomic E-state index is -3.95. The van der Waals surface area contributed by atoms with E-state index in [0.29, 0.717) is 30.4 Å². The van der Waals surface area contributed by atoms with Gasteiger partial charge in [-0.3, -0.25) is 4.72 Å². The predicted octanol–water partition coefficient (Wildman–Crippen LogP) is 4.96. The third-order valence-corrected chi connectivity index (χ3v) is 8.23. The average Bonchev–Trinajstić information content (AvgIpc) is 2.82. The van der Waals surface area contributed by atoms with Gasteiger partial charge in [-0.25, -0.2) is 18.2 Å². The molecule has 1 aromatic heterocycles. The van der Waals surface area contributed by atoms with Crippen molar-refractivity contribution in [2.75, 3.05) is 22.7 Å². The van der Waals surface area contributed by atoms with Gasteiger partial charge in [0.1, 0.15) is 0 Å². The number of benzene rings is 2. The van der Waals surface area contributed by atoms with Gasteiger partial charge in [-0.2, -0.15) is 0 Å². The van der Waals surface area contributed by atoms with Gasteiger partial charge in [0, 0.05) is 19.3 Å². The summed E-state index contributed by atoms with van der Waals surface area (Å²) in [6, 6.07) is 15.2. The highest BCUT2D eigenvalue weighted by Gasteiger charge is 2.26. The summed E-state index contributed by atoms with van der Waals surface area (Å²) in [6.07, 6.45) is 4.18. The van der Waals surface area contributed by atoms with Crippen LogP contribution in [0.25, 0.3) is 0 Å². The van der Waals surface area contributed by atoms with Crippen molar-refractivity contribution in [2.45, 2.75) is 44.9 Å². The van der Waals surface area contributed by atoms with Crippen LogP contribution in [0, 0.1) is 26.7 Å². The second-order valence-corrected chi connectivity index (χ2v) is 11.0. The number of aryl methyl sites for hydroxylation is 3. The summed E-state index contributed by atoms with van der Waals surface area (Å²) in [4.78, 5) is 18.2. The molecule has 2 heterocycles. The zero-order chi connectivity index (χ0) is 25.2. The van der Waals surface area contributed by atoms with E-state index in [1.807, 2.05) is 43.0 Å². The number of hydrogen-bond donors (Lipinski definition) is 2. The topological polar surface area (TPSA) is 99.6 Å². The van der Waals surface area contributed by atoms with Crippen molar-refractivity contribution in [2.24, 2.45) is 5.92 Å². The summed E-state index contributed by atoms with van der Waals surface area (Å²) in [5, 5.41) is 9.48. The van der Waals surface area contributed by atoms with Crippen LogP contribution < -0.4 is 9.62 Å². The molecule has 0 bridgehead atoms. The second kappa shape index (κ2) is 10.1. The molecule has 0 aliphatic carbocycles. The molecule has 2 aromatic carbocycles. The van der Waals surface area contributed by atoms with Crippen molar-refractivity contribution in [3.63, 3.8) is 0 Å². The van der Waals surface area contributed by atoms with Gasteiger partial charge in [-0.1, -0.05) is 36.4 Å². The molecule has 1 fully saturated rings. The van der Waals surface area contributed by atoms with Gasteiger partial charge in [0.25, 0.3) is 10.0 Å². The number of nitrogens with zero attached hydrogens (tertiary/aromatic N) is 2.